The van der Waals surface area contributed by atoms with Crippen molar-refractivity contribution in [3.63, 3.8) is 0 Å². The molecule has 11 heteroatoms. The molecule has 0 amide bonds. The van der Waals surface area contributed by atoms with Crippen molar-refractivity contribution >= 4 is 27.6 Å². The predicted molar refractivity (Wildman–Crippen MR) is 63.8 cm³/mol. The fourth-order valence-corrected chi connectivity index (χ4v) is 3.12. The molecule has 0 radical (unpaired) electrons. The average molecular weight is 350 g/mol. The van der Waals surface area contributed by atoms with Gasteiger partial charge in [-0.25, -0.2) is 17.6 Å². The number of benzene rings is 1. The van der Waals surface area contributed by atoms with Crippen LogP contribution in [0, 0.1) is 5.82 Å². The molecular formula is C10H8ClF4NO4S. The van der Waals surface area contributed by atoms with E-state index in [1.807, 2.05) is 0 Å². The Morgan fingerprint density at radius 3 is 2.24 bits per heavy atom. The molecule has 1 unspecified atom stereocenters. The highest BCUT2D eigenvalue weighted by Gasteiger charge is 2.59. The molecule has 1 rings (SSSR count). The highest BCUT2D eigenvalue weighted by Crippen LogP contribution is 2.33. The summed E-state index contributed by atoms with van der Waals surface area (Å²) < 4.78 is 75.8. The first-order valence-electron chi connectivity index (χ1n) is 5.10. The molecule has 0 fully saturated rings. The number of carboxylic acid groups (broad SMARTS) is 1. The fourth-order valence-electron chi connectivity index (χ4n) is 1.24. The monoisotopic (exact) mass is 349 g/mol. The van der Waals surface area contributed by atoms with Crippen LogP contribution in [0.5, 0.6) is 0 Å². The first-order valence-corrected chi connectivity index (χ1v) is 6.96. The SMILES string of the molecule is CC(NS(=O)(=O)c1ccc(F)cc1Cl)(C(=O)O)C(F)(F)F. The van der Waals surface area contributed by atoms with E-state index in [0.29, 0.717) is 18.2 Å². The number of hydrogen-bond donors (Lipinski definition) is 2. The lowest BCUT2D eigenvalue weighted by atomic mass is 10.0. The summed E-state index contributed by atoms with van der Waals surface area (Å²) in [5, 5.41) is 7.97. The van der Waals surface area contributed by atoms with Crippen molar-refractivity contribution in [1.29, 1.82) is 0 Å². The van der Waals surface area contributed by atoms with Gasteiger partial charge in [-0.1, -0.05) is 11.6 Å². The van der Waals surface area contributed by atoms with Gasteiger partial charge in [0.15, 0.2) is 0 Å². The van der Waals surface area contributed by atoms with Crippen LogP contribution in [0.25, 0.3) is 0 Å². The van der Waals surface area contributed by atoms with E-state index in [1.165, 1.54) is 0 Å². The summed E-state index contributed by atoms with van der Waals surface area (Å²) >= 11 is 5.45. The Morgan fingerprint density at radius 1 is 1.33 bits per heavy atom. The second kappa shape index (κ2) is 5.43. The number of nitrogens with one attached hydrogen (secondary N) is 1. The minimum absolute atomic E-state index is 0.143. The molecule has 0 heterocycles. The zero-order chi connectivity index (χ0) is 16.6. The van der Waals surface area contributed by atoms with Crippen LogP contribution < -0.4 is 4.72 Å². The van der Waals surface area contributed by atoms with Crippen molar-refractivity contribution < 1.29 is 35.9 Å². The van der Waals surface area contributed by atoms with Crippen LogP contribution in [0.3, 0.4) is 0 Å². The number of carbonyl (C=O) groups is 1. The van der Waals surface area contributed by atoms with E-state index in [-0.39, 0.29) is 6.92 Å². The Morgan fingerprint density at radius 2 is 1.86 bits per heavy atom. The van der Waals surface area contributed by atoms with Gasteiger partial charge in [-0.05, 0) is 25.1 Å². The maximum atomic E-state index is 12.8. The Balaban J connectivity index is 3.35. The fraction of sp³-hybridized carbons (Fsp3) is 0.300. The van der Waals surface area contributed by atoms with Crippen LogP contribution in [-0.2, 0) is 14.8 Å². The van der Waals surface area contributed by atoms with Crippen molar-refractivity contribution in [3.8, 4) is 0 Å². The zero-order valence-electron chi connectivity index (χ0n) is 10.2. The van der Waals surface area contributed by atoms with Crippen LogP contribution in [0.1, 0.15) is 6.92 Å². The van der Waals surface area contributed by atoms with E-state index in [0.717, 1.165) is 4.72 Å². The Hall–Kier alpha value is -1.39. The molecule has 0 aliphatic rings. The zero-order valence-corrected chi connectivity index (χ0v) is 11.8. The van der Waals surface area contributed by atoms with Gasteiger partial charge in [-0.3, -0.25) is 0 Å². The third-order valence-corrected chi connectivity index (χ3v) is 4.55. The lowest BCUT2D eigenvalue weighted by molar-refractivity contribution is -0.201. The molecule has 1 atom stereocenters. The first kappa shape index (κ1) is 17.7. The minimum atomic E-state index is -5.40. The quantitative estimate of drug-likeness (QED) is 0.816. The smallest absolute Gasteiger partial charge is 0.418 e. The number of alkyl halides is 3. The molecule has 5 nitrogen and oxygen atoms in total. The Bertz CT molecular complexity index is 676. The van der Waals surface area contributed by atoms with Crippen LogP contribution in [0.4, 0.5) is 17.6 Å². The van der Waals surface area contributed by atoms with Crippen molar-refractivity contribution in [1.82, 2.24) is 4.72 Å². The van der Waals surface area contributed by atoms with E-state index in [9.17, 15) is 30.8 Å². The highest BCUT2D eigenvalue weighted by molar-refractivity contribution is 7.89. The summed E-state index contributed by atoms with van der Waals surface area (Å²) in [6.07, 6.45) is -5.40. The van der Waals surface area contributed by atoms with E-state index in [2.05, 4.69) is 0 Å². The van der Waals surface area contributed by atoms with Gasteiger partial charge in [-0.2, -0.15) is 17.9 Å². The van der Waals surface area contributed by atoms with Gasteiger partial charge in [0.1, 0.15) is 10.7 Å². The molecule has 0 saturated heterocycles. The standard InChI is InChI=1S/C10H8ClF4NO4S/c1-9(8(17)18,10(13,14)15)16-21(19,20)7-3-2-5(12)4-6(7)11/h2-4,16H,1H3,(H,17,18). The molecule has 0 aliphatic carbocycles. The third-order valence-electron chi connectivity index (χ3n) is 2.52. The molecule has 1 aromatic carbocycles. The predicted octanol–water partition coefficient (Wildman–Crippen LogP) is 2.16. The lowest BCUT2D eigenvalue weighted by Gasteiger charge is -2.28. The van der Waals surface area contributed by atoms with Crippen LogP contribution >= 0.6 is 11.6 Å². The number of aliphatic carboxylic acids is 1. The summed E-state index contributed by atoms with van der Waals surface area (Å²) in [4.78, 5) is 9.90. The third kappa shape index (κ3) is 3.44. The minimum Gasteiger partial charge on any atom is -0.480 e. The molecule has 2 N–H and O–H groups in total. The lowest BCUT2D eigenvalue weighted by Crippen LogP contribution is -2.61. The number of halogens is 5. The molecule has 118 valence electrons. The van der Waals surface area contributed by atoms with Gasteiger partial charge in [0.2, 0.25) is 15.6 Å². The van der Waals surface area contributed by atoms with E-state index in [4.69, 9.17) is 16.7 Å². The van der Waals surface area contributed by atoms with E-state index in [1.54, 1.807) is 0 Å². The number of hydrogen-bond acceptors (Lipinski definition) is 3. The van der Waals surface area contributed by atoms with Gasteiger partial charge in [-0.15, -0.1) is 0 Å². The molecule has 0 aromatic heterocycles. The summed E-state index contributed by atoms with van der Waals surface area (Å²) in [6, 6.07) is 1.85. The molecule has 0 saturated carbocycles. The average Bonchev–Trinajstić information content (AvgIpc) is 2.25. The van der Waals surface area contributed by atoms with Crippen molar-refractivity contribution in [2.75, 3.05) is 0 Å². The topological polar surface area (TPSA) is 83.5 Å². The van der Waals surface area contributed by atoms with Crippen LogP contribution in [0.2, 0.25) is 5.02 Å². The molecule has 0 aliphatic heterocycles. The van der Waals surface area contributed by atoms with Gasteiger partial charge >= 0.3 is 12.1 Å². The van der Waals surface area contributed by atoms with Crippen molar-refractivity contribution in [3.05, 3.63) is 29.0 Å². The van der Waals surface area contributed by atoms with Crippen molar-refractivity contribution in [2.24, 2.45) is 0 Å². The molecule has 21 heavy (non-hydrogen) atoms. The van der Waals surface area contributed by atoms with E-state index >= 15 is 0 Å². The molecule has 0 bridgehead atoms. The van der Waals surface area contributed by atoms with Crippen molar-refractivity contribution in [2.45, 2.75) is 23.5 Å². The number of rotatable bonds is 4. The first-order chi connectivity index (χ1) is 9.31. The van der Waals surface area contributed by atoms with Crippen LogP contribution in [0.15, 0.2) is 23.1 Å². The van der Waals surface area contributed by atoms with E-state index < -0.39 is 43.4 Å². The maximum Gasteiger partial charge on any atom is 0.418 e. The van der Waals surface area contributed by atoms with Gasteiger partial charge < -0.3 is 5.11 Å². The second-order valence-corrected chi connectivity index (χ2v) is 6.17. The normalized spacial score (nSPS) is 15.5. The molecule has 1 aromatic rings. The summed E-state index contributed by atoms with van der Waals surface area (Å²) in [7, 11) is -4.94. The molecular weight excluding hydrogens is 342 g/mol. The van der Waals surface area contributed by atoms with Gasteiger partial charge in [0.25, 0.3) is 0 Å². The summed E-state index contributed by atoms with van der Waals surface area (Å²) in [5.74, 6) is -3.35. The summed E-state index contributed by atoms with van der Waals surface area (Å²) in [5.41, 5.74) is -3.76. The maximum absolute atomic E-state index is 12.8. The van der Waals surface area contributed by atoms with Crippen LogP contribution in [-0.4, -0.2) is 31.2 Å². The molecule has 0 spiro atoms. The Kier molecular flexibility index (Phi) is 4.56. The highest BCUT2D eigenvalue weighted by atomic mass is 35.5. The second-order valence-electron chi connectivity index (χ2n) is 4.11. The summed E-state index contributed by atoms with van der Waals surface area (Å²) in [6.45, 7) is 0.143. The number of sulfonamides is 1. The van der Waals surface area contributed by atoms with Gasteiger partial charge in [0, 0.05) is 0 Å². The number of carboxylic acids is 1. The largest absolute Gasteiger partial charge is 0.480 e. The van der Waals surface area contributed by atoms with Gasteiger partial charge in [0.05, 0.1) is 5.02 Å². The Labute approximate surface area is 121 Å².